The Morgan fingerprint density at radius 2 is 2.11 bits per heavy atom. The van der Waals surface area contributed by atoms with E-state index in [0.29, 0.717) is 17.0 Å². The number of hydrogen-bond acceptors (Lipinski definition) is 4. The Hall–Kier alpha value is -1.75. The van der Waals surface area contributed by atoms with E-state index in [1.54, 1.807) is 20.2 Å². The lowest BCUT2D eigenvalue weighted by Crippen LogP contribution is -2.23. The van der Waals surface area contributed by atoms with E-state index in [4.69, 9.17) is 4.74 Å². The second-order valence-corrected chi connectivity index (χ2v) is 4.16. The van der Waals surface area contributed by atoms with Crippen LogP contribution in [0.2, 0.25) is 0 Å². The molecule has 5 heteroatoms. The lowest BCUT2D eigenvalue weighted by Gasteiger charge is -2.09. The highest BCUT2D eigenvalue weighted by Gasteiger charge is 2.10. The van der Waals surface area contributed by atoms with Crippen molar-refractivity contribution in [1.29, 1.82) is 0 Å². The molecular formula is C13H14N2O2S. The maximum absolute atomic E-state index is 11.8. The second kappa shape index (κ2) is 5.27. The molecule has 1 aromatic carbocycles. The number of hydrogen-bond donors (Lipinski definition) is 1. The van der Waals surface area contributed by atoms with E-state index in [-0.39, 0.29) is 5.56 Å². The van der Waals surface area contributed by atoms with Gasteiger partial charge in [-0.25, -0.2) is 4.68 Å². The van der Waals surface area contributed by atoms with Crippen molar-refractivity contribution >= 4 is 12.6 Å². The average Bonchev–Trinajstić information content (AvgIpc) is 2.41. The standard InChI is InChI=1S/C13H14N2O2S/c1-15-13(16)9(8-18)7-11(14-15)10-5-3-4-6-12(10)17-2/h3-7,18H,8H2,1-2H3. The Labute approximate surface area is 111 Å². The number of rotatable bonds is 3. The smallest absolute Gasteiger partial charge is 0.270 e. The van der Waals surface area contributed by atoms with Crippen molar-refractivity contribution in [2.45, 2.75) is 5.75 Å². The van der Waals surface area contributed by atoms with Gasteiger partial charge < -0.3 is 4.74 Å². The van der Waals surface area contributed by atoms with Gasteiger partial charge in [0.05, 0.1) is 12.8 Å². The third kappa shape index (κ3) is 2.26. The first-order valence-electron chi connectivity index (χ1n) is 5.49. The lowest BCUT2D eigenvalue weighted by atomic mass is 10.1. The van der Waals surface area contributed by atoms with Gasteiger partial charge in [0.15, 0.2) is 0 Å². The third-order valence-corrected chi connectivity index (χ3v) is 3.03. The molecule has 94 valence electrons. The molecule has 0 aliphatic heterocycles. The highest BCUT2D eigenvalue weighted by molar-refractivity contribution is 7.79. The van der Waals surface area contributed by atoms with Crippen molar-refractivity contribution in [2.75, 3.05) is 7.11 Å². The van der Waals surface area contributed by atoms with Gasteiger partial charge in [0.2, 0.25) is 0 Å². The molecule has 2 rings (SSSR count). The molecule has 0 unspecified atom stereocenters. The molecule has 1 aromatic heterocycles. The monoisotopic (exact) mass is 262 g/mol. The molecule has 4 nitrogen and oxygen atoms in total. The average molecular weight is 262 g/mol. The Bertz CT molecular complexity index is 623. The quantitative estimate of drug-likeness (QED) is 0.859. The molecule has 0 fully saturated rings. The Morgan fingerprint density at radius 3 is 2.78 bits per heavy atom. The molecule has 18 heavy (non-hydrogen) atoms. The number of thiol groups is 1. The van der Waals surface area contributed by atoms with Crippen LogP contribution < -0.4 is 10.3 Å². The summed E-state index contributed by atoms with van der Waals surface area (Å²) < 4.78 is 6.62. The summed E-state index contributed by atoms with van der Waals surface area (Å²) in [4.78, 5) is 11.8. The molecule has 0 saturated carbocycles. The van der Waals surface area contributed by atoms with Crippen LogP contribution in [0.1, 0.15) is 5.56 Å². The van der Waals surface area contributed by atoms with E-state index < -0.39 is 0 Å². The van der Waals surface area contributed by atoms with Gasteiger partial charge in [-0.3, -0.25) is 4.79 Å². The van der Waals surface area contributed by atoms with Crippen LogP contribution in [0.3, 0.4) is 0 Å². The highest BCUT2D eigenvalue weighted by atomic mass is 32.1. The number of benzene rings is 1. The maximum Gasteiger partial charge on any atom is 0.270 e. The number of para-hydroxylation sites is 1. The fourth-order valence-corrected chi connectivity index (χ4v) is 2.00. The lowest BCUT2D eigenvalue weighted by molar-refractivity contribution is 0.416. The number of methoxy groups -OCH3 is 1. The van der Waals surface area contributed by atoms with Gasteiger partial charge in [-0.15, -0.1) is 0 Å². The fraction of sp³-hybridized carbons (Fsp3) is 0.231. The molecular weight excluding hydrogens is 248 g/mol. The summed E-state index contributed by atoms with van der Waals surface area (Å²) in [5, 5.41) is 4.25. The van der Waals surface area contributed by atoms with Gasteiger partial charge >= 0.3 is 0 Å². The highest BCUT2D eigenvalue weighted by Crippen LogP contribution is 2.27. The zero-order chi connectivity index (χ0) is 13.1. The molecule has 0 bridgehead atoms. The first-order chi connectivity index (χ1) is 8.67. The van der Waals surface area contributed by atoms with Crippen LogP contribution in [-0.2, 0) is 12.8 Å². The minimum Gasteiger partial charge on any atom is -0.496 e. The van der Waals surface area contributed by atoms with Gasteiger partial charge in [0, 0.05) is 23.9 Å². The van der Waals surface area contributed by atoms with E-state index in [1.807, 2.05) is 24.3 Å². The molecule has 0 N–H and O–H groups in total. The van der Waals surface area contributed by atoms with Crippen molar-refractivity contribution in [2.24, 2.45) is 7.05 Å². The van der Waals surface area contributed by atoms with Crippen LogP contribution in [0, 0.1) is 0 Å². The fourth-order valence-electron chi connectivity index (χ4n) is 1.77. The summed E-state index contributed by atoms with van der Waals surface area (Å²) in [5.74, 6) is 1.12. The Balaban J connectivity index is 2.64. The maximum atomic E-state index is 11.8. The predicted octanol–water partition coefficient (Wildman–Crippen LogP) is 1.89. The predicted molar refractivity (Wildman–Crippen MR) is 74.2 cm³/mol. The Morgan fingerprint density at radius 1 is 1.39 bits per heavy atom. The molecule has 0 spiro atoms. The number of nitrogens with zero attached hydrogens (tertiary/aromatic N) is 2. The number of aryl methyl sites for hydroxylation is 1. The van der Waals surface area contributed by atoms with Crippen LogP contribution in [0.4, 0.5) is 0 Å². The third-order valence-electron chi connectivity index (χ3n) is 2.69. The van der Waals surface area contributed by atoms with Gasteiger partial charge in [0.25, 0.3) is 5.56 Å². The van der Waals surface area contributed by atoms with Crippen LogP contribution in [-0.4, -0.2) is 16.9 Å². The molecule has 2 aromatic rings. The van der Waals surface area contributed by atoms with Gasteiger partial charge in [-0.05, 0) is 18.2 Å². The number of ether oxygens (including phenoxy) is 1. The van der Waals surface area contributed by atoms with E-state index in [1.165, 1.54) is 4.68 Å². The second-order valence-electron chi connectivity index (χ2n) is 3.84. The zero-order valence-corrected chi connectivity index (χ0v) is 11.1. The van der Waals surface area contributed by atoms with Crippen molar-refractivity contribution in [3.05, 3.63) is 46.2 Å². The van der Waals surface area contributed by atoms with Gasteiger partial charge in [0.1, 0.15) is 5.75 Å². The minimum atomic E-state index is -0.122. The van der Waals surface area contributed by atoms with E-state index in [2.05, 4.69) is 17.7 Å². The number of aromatic nitrogens is 2. The first kappa shape index (κ1) is 12.7. The van der Waals surface area contributed by atoms with Crippen LogP contribution in [0.25, 0.3) is 11.3 Å². The SMILES string of the molecule is COc1ccccc1-c1cc(CS)c(=O)n(C)n1. The Kier molecular flexibility index (Phi) is 3.72. The molecule has 0 amide bonds. The molecule has 0 radical (unpaired) electrons. The zero-order valence-electron chi connectivity index (χ0n) is 10.3. The van der Waals surface area contributed by atoms with Crippen LogP contribution >= 0.6 is 12.6 Å². The molecule has 0 atom stereocenters. The van der Waals surface area contributed by atoms with Gasteiger partial charge in [-0.1, -0.05) is 12.1 Å². The summed E-state index contributed by atoms with van der Waals surface area (Å²) in [6.07, 6.45) is 0. The van der Waals surface area contributed by atoms with Crippen molar-refractivity contribution in [1.82, 2.24) is 9.78 Å². The topological polar surface area (TPSA) is 44.1 Å². The van der Waals surface area contributed by atoms with E-state index in [0.717, 1.165) is 11.3 Å². The summed E-state index contributed by atoms with van der Waals surface area (Å²) in [5.41, 5.74) is 2.07. The molecule has 1 heterocycles. The summed E-state index contributed by atoms with van der Waals surface area (Å²) in [6.45, 7) is 0. The van der Waals surface area contributed by atoms with Gasteiger partial charge in [-0.2, -0.15) is 17.7 Å². The normalized spacial score (nSPS) is 10.4. The van der Waals surface area contributed by atoms with E-state index >= 15 is 0 Å². The molecule has 0 saturated heterocycles. The summed E-state index contributed by atoms with van der Waals surface area (Å²) in [7, 11) is 3.24. The van der Waals surface area contributed by atoms with Crippen LogP contribution in [0.15, 0.2) is 35.1 Å². The molecule has 0 aliphatic carbocycles. The summed E-state index contributed by atoms with van der Waals surface area (Å²) >= 11 is 4.16. The van der Waals surface area contributed by atoms with E-state index in [9.17, 15) is 4.79 Å². The summed E-state index contributed by atoms with van der Waals surface area (Å²) in [6, 6.07) is 9.33. The minimum absolute atomic E-state index is 0.122. The van der Waals surface area contributed by atoms with Crippen molar-refractivity contribution in [3.63, 3.8) is 0 Å². The molecule has 0 aliphatic rings. The van der Waals surface area contributed by atoms with Crippen molar-refractivity contribution < 1.29 is 4.74 Å². The first-order valence-corrected chi connectivity index (χ1v) is 6.12. The largest absolute Gasteiger partial charge is 0.496 e. The van der Waals surface area contributed by atoms with Crippen molar-refractivity contribution in [3.8, 4) is 17.0 Å². The van der Waals surface area contributed by atoms with Crippen LogP contribution in [0.5, 0.6) is 5.75 Å².